The molecule has 19 heavy (non-hydrogen) atoms. The van der Waals surface area contributed by atoms with Crippen LogP contribution < -0.4 is 11.1 Å². The van der Waals surface area contributed by atoms with Gasteiger partial charge in [0.2, 0.25) is 0 Å². The van der Waals surface area contributed by atoms with Crippen LogP contribution in [0.5, 0.6) is 0 Å². The minimum absolute atomic E-state index is 0. The fourth-order valence-corrected chi connectivity index (χ4v) is 1.40. The average Bonchev–Trinajstić information content (AvgIpc) is 2.31. The lowest BCUT2D eigenvalue weighted by atomic mass is 10.2. The molecular formula is C12H11ClF3N3. The van der Waals surface area contributed by atoms with Crippen molar-refractivity contribution in [3.63, 3.8) is 0 Å². The number of hydrogen-bond acceptors (Lipinski definition) is 3. The first-order valence-electron chi connectivity index (χ1n) is 5.11. The molecule has 3 N–H and O–H groups in total. The van der Waals surface area contributed by atoms with E-state index in [1.54, 1.807) is 12.1 Å². The zero-order valence-corrected chi connectivity index (χ0v) is 10.4. The smallest absolute Gasteiger partial charge is 0.397 e. The summed E-state index contributed by atoms with van der Waals surface area (Å²) in [6.07, 6.45) is -2.93. The summed E-state index contributed by atoms with van der Waals surface area (Å²) in [5.74, 6) is 0.434. The van der Waals surface area contributed by atoms with E-state index in [0.29, 0.717) is 17.2 Å². The van der Waals surface area contributed by atoms with Gasteiger partial charge < -0.3 is 11.1 Å². The SMILES string of the molecule is Cl.Nc1ccc(Nc2cccc(C(F)(F)F)c2)nc1. The summed E-state index contributed by atoms with van der Waals surface area (Å²) >= 11 is 0. The molecule has 0 bridgehead atoms. The molecule has 3 nitrogen and oxygen atoms in total. The van der Waals surface area contributed by atoms with E-state index in [2.05, 4.69) is 10.3 Å². The third-order valence-corrected chi connectivity index (χ3v) is 2.25. The van der Waals surface area contributed by atoms with E-state index < -0.39 is 11.7 Å². The van der Waals surface area contributed by atoms with Crippen molar-refractivity contribution in [1.29, 1.82) is 0 Å². The first-order chi connectivity index (χ1) is 8.45. The number of benzene rings is 1. The summed E-state index contributed by atoms with van der Waals surface area (Å²) in [7, 11) is 0. The van der Waals surface area contributed by atoms with E-state index in [1.165, 1.54) is 18.3 Å². The second kappa shape index (κ2) is 5.79. The number of nitrogens with zero attached hydrogens (tertiary/aromatic N) is 1. The molecule has 2 rings (SSSR count). The molecule has 0 saturated heterocycles. The maximum Gasteiger partial charge on any atom is 0.416 e. The third kappa shape index (κ3) is 4.03. The summed E-state index contributed by atoms with van der Waals surface area (Å²) in [4.78, 5) is 3.95. The van der Waals surface area contributed by atoms with E-state index in [-0.39, 0.29) is 12.4 Å². The molecule has 1 aromatic heterocycles. The largest absolute Gasteiger partial charge is 0.416 e. The Morgan fingerprint density at radius 2 is 1.84 bits per heavy atom. The van der Waals surface area contributed by atoms with Crippen LogP contribution in [0.25, 0.3) is 0 Å². The Balaban J connectivity index is 0.00000180. The average molecular weight is 290 g/mol. The van der Waals surface area contributed by atoms with Crippen molar-refractivity contribution in [2.45, 2.75) is 6.18 Å². The summed E-state index contributed by atoms with van der Waals surface area (Å²) in [6, 6.07) is 8.12. The number of halogens is 4. The van der Waals surface area contributed by atoms with Gasteiger partial charge in [-0.15, -0.1) is 12.4 Å². The van der Waals surface area contributed by atoms with E-state index in [0.717, 1.165) is 12.1 Å². The lowest BCUT2D eigenvalue weighted by Crippen LogP contribution is -2.05. The molecule has 0 amide bonds. The number of rotatable bonds is 2. The fourth-order valence-electron chi connectivity index (χ4n) is 1.40. The van der Waals surface area contributed by atoms with Crippen molar-refractivity contribution in [2.75, 3.05) is 11.1 Å². The molecule has 0 atom stereocenters. The Hall–Kier alpha value is -1.95. The van der Waals surface area contributed by atoms with Gasteiger partial charge in [-0.1, -0.05) is 6.07 Å². The number of alkyl halides is 3. The van der Waals surface area contributed by atoms with Crippen LogP contribution in [0.4, 0.5) is 30.4 Å². The Bertz CT molecular complexity index is 541. The van der Waals surface area contributed by atoms with Crippen LogP contribution in [-0.2, 0) is 6.18 Å². The molecule has 1 heterocycles. The maximum absolute atomic E-state index is 12.5. The molecule has 0 aliphatic carbocycles. The second-order valence-electron chi connectivity index (χ2n) is 3.68. The molecule has 2 aromatic rings. The van der Waals surface area contributed by atoms with Crippen molar-refractivity contribution < 1.29 is 13.2 Å². The van der Waals surface area contributed by atoms with Crippen LogP contribution in [0.2, 0.25) is 0 Å². The Morgan fingerprint density at radius 3 is 2.42 bits per heavy atom. The summed E-state index contributed by atoms with van der Waals surface area (Å²) in [5, 5.41) is 2.78. The Morgan fingerprint density at radius 1 is 1.11 bits per heavy atom. The van der Waals surface area contributed by atoms with Gasteiger partial charge in [0.1, 0.15) is 5.82 Å². The molecule has 0 radical (unpaired) electrons. The van der Waals surface area contributed by atoms with Gasteiger partial charge in [-0.25, -0.2) is 4.98 Å². The summed E-state index contributed by atoms with van der Waals surface area (Å²) in [5.41, 5.74) is 5.57. The van der Waals surface area contributed by atoms with Gasteiger partial charge in [0.05, 0.1) is 17.4 Å². The molecule has 0 aliphatic heterocycles. The molecule has 0 unspecified atom stereocenters. The summed E-state index contributed by atoms with van der Waals surface area (Å²) in [6.45, 7) is 0. The topological polar surface area (TPSA) is 50.9 Å². The van der Waals surface area contributed by atoms with Crippen LogP contribution in [0.15, 0.2) is 42.6 Å². The van der Waals surface area contributed by atoms with E-state index >= 15 is 0 Å². The van der Waals surface area contributed by atoms with Crippen molar-refractivity contribution >= 4 is 29.6 Å². The van der Waals surface area contributed by atoms with E-state index in [1.807, 2.05) is 0 Å². The first kappa shape index (κ1) is 15.1. The minimum Gasteiger partial charge on any atom is -0.397 e. The maximum atomic E-state index is 12.5. The molecule has 0 saturated carbocycles. The number of nitrogen functional groups attached to an aromatic ring is 1. The van der Waals surface area contributed by atoms with Crippen molar-refractivity contribution in [3.05, 3.63) is 48.2 Å². The fraction of sp³-hybridized carbons (Fsp3) is 0.0833. The molecule has 7 heteroatoms. The number of anilines is 3. The molecular weight excluding hydrogens is 279 g/mol. The van der Waals surface area contributed by atoms with Crippen molar-refractivity contribution in [2.24, 2.45) is 0 Å². The monoisotopic (exact) mass is 289 g/mol. The predicted molar refractivity (Wildman–Crippen MR) is 70.6 cm³/mol. The standard InChI is InChI=1S/C12H10F3N3.ClH/c13-12(14,15)8-2-1-3-10(6-8)18-11-5-4-9(16)7-17-11;/h1-7H,16H2,(H,17,18);1H. The number of nitrogens with one attached hydrogen (secondary N) is 1. The van der Waals surface area contributed by atoms with Gasteiger partial charge in [0.15, 0.2) is 0 Å². The highest BCUT2D eigenvalue weighted by Crippen LogP contribution is 2.31. The van der Waals surface area contributed by atoms with Crippen LogP contribution in [0, 0.1) is 0 Å². The van der Waals surface area contributed by atoms with E-state index in [9.17, 15) is 13.2 Å². The normalized spacial score (nSPS) is 10.7. The number of aromatic nitrogens is 1. The van der Waals surface area contributed by atoms with Crippen LogP contribution >= 0.6 is 12.4 Å². The number of hydrogen-bond donors (Lipinski definition) is 2. The van der Waals surface area contributed by atoms with Crippen LogP contribution in [-0.4, -0.2) is 4.98 Å². The number of nitrogens with two attached hydrogens (primary N) is 1. The molecule has 0 spiro atoms. The molecule has 1 aromatic carbocycles. The lowest BCUT2D eigenvalue weighted by molar-refractivity contribution is -0.137. The van der Waals surface area contributed by atoms with Crippen LogP contribution in [0.1, 0.15) is 5.56 Å². The Labute approximate surface area is 114 Å². The quantitative estimate of drug-likeness (QED) is 0.883. The van der Waals surface area contributed by atoms with Gasteiger partial charge in [-0.3, -0.25) is 0 Å². The third-order valence-electron chi connectivity index (χ3n) is 2.25. The van der Waals surface area contributed by atoms with Gasteiger partial charge in [-0.2, -0.15) is 13.2 Å². The highest BCUT2D eigenvalue weighted by atomic mass is 35.5. The highest BCUT2D eigenvalue weighted by Gasteiger charge is 2.30. The second-order valence-corrected chi connectivity index (χ2v) is 3.68. The van der Waals surface area contributed by atoms with E-state index in [4.69, 9.17) is 5.73 Å². The lowest BCUT2D eigenvalue weighted by Gasteiger charge is -2.10. The number of pyridine rings is 1. The van der Waals surface area contributed by atoms with Crippen LogP contribution in [0.3, 0.4) is 0 Å². The van der Waals surface area contributed by atoms with Gasteiger partial charge >= 0.3 is 6.18 Å². The van der Waals surface area contributed by atoms with Gasteiger partial charge in [-0.05, 0) is 30.3 Å². The van der Waals surface area contributed by atoms with Crippen molar-refractivity contribution in [3.8, 4) is 0 Å². The van der Waals surface area contributed by atoms with Crippen molar-refractivity contribution in [1.82, 2.24) is 4.98 Å². The Kier molecular flexibility index (Phi) is 4.61. The molecule has 102 valence electrons. The molecule has 0 aliphatic rings. The molecule has 0 fully saturated rings. The predicted octanol–water partition coefficient (Wildman–Crippen LogP) is 3.85. The van der Waals surface area contributed by atoms with Gasteiger partial charge in [0, 0.05) is 5.69 Å². The summed E-state index contributed by atoms with van der Waals surface area (Å²) < 4.78 is 37.5. The first-order valence-corrected chi connectivity index (χ1v) is 5.11. The zero-order chi connectivity index (χ0) is 13.2. The zero-order valence-electron chi connectivity index (χ0n) is 9.61. The van der Waals surface area contributed by atoms with Gasteiger partial charge in [0.25, 0.3) is 0 Å². The highest BCUT2D eigenvalue weighted by molar-refractivity contribution is 5.85. The minimum atomic E-state index is -4.35.